The number of carboxylic acids is 2. The first-order valence-corrected chi connectivity index (χ1v) is 8.03. The van der Waals surface area contributed by atoms with Crippen molar-refractivity contribution in [1.82, 2.24) is 20.0 Å². The molecule has 0 aliphatic heterocycles. The fourth-order valence-corrected chi connectivity index (χ4v) is 2.14. The second kappa shape index (κ2) is 10.3. The first-order valence-electron chi connectivity index (χ1n) is 8.03. The molecule has 11 heteroatoms. The Morgan fingerprint density at radius 3 is 2.48 bits per heavy atom. The van der Waals surface area contributed by atoms with Gasteiger partial charge in [-0.1, -0.05) is 12.1 Å². The Labute approximate surface area is 162 Å². The molecule has 0 amide bonds. The van der Waals surface area contributed by atoms with Crippen molar-refractivity contribution < 1.29 is 33.3 Å². The molecule has 3 N–H and O–H groups in total. The lowest BCUT2D eigenvalue weighted by atomic mass is 10.1. The fraction of sp³-hybridized carbons (Fsp3) is 0.111. The lowest BCUT2D eigenvalue weighted by Crippen LogP contribution is -2.01. The van der Waals surface area contributed by atoms with Gasteiger partial charge in [0.15, 0.2) is 0 Å². The van der Waals surface area contributed by atoms with E-state index in [2.05, 4.69) is 20.0 Å². The zero-order valence-electron chi connectivity index (χ0n) is 14.8. The predicted octanol–water partition coefficient (Wildman–Crippen LogP) is 2.63. The highest BCUT2D eigenvalue weighted by molar-refractivity contribution is 5.89. The number of carbonyl (C=O) groups is 2. The predicted molar refractivity (Wildman–Crippen MR) is 96.4 cm³/mol. The first-order chi connectivity index (χ1) is 13.8. The summed E-state index contributed by atoms with van der Waals surface area (Å²) in [6.07, 6.45) is 6.30. The van der Waals surface area contributed by atoms with Gasteiger partial charge >= 0.3 is 18.6 Å². The van der Waals surface area contributed by atoms with Gasteiger partial charge in [-0.3, -0.25) is 9.78 Å². The van der Waals surface area contributed by atoms with Crippen molar-refractivity contribution in [2.75, 3.05) is 0 Å². The van der Waals surface area contributed by atoms with Crippen molar-refractivity contribution in [2.45, 2.75) is 13.2 Å². The molecule has 0 spiro atoms. The van der Waals surface area contributed by atoms with Gasteiger partial charge in [-0.15, -0.1) is 0 Å². The van der Waals surface area contributed by atoms with Crippen molar-refractivity contribution >= 4 is 11.9 Å². The number of ether oxygens (including phenoxy) is 1. The molecule has 3 aromatic rings. The Kier molecular flexibility index (Phi) is 7.59. The third-order valence-corrected chi connectivity index (χ3v) is 3.29. The molecular formula is C18H16F2N4O5. The van der Waals surface area contributed by atoms with Crippen LogP contribution in [0, 0.1) is 0 Å². The number of benzene rings is 1. The molecule has 0 aliphatic rings. The molecule has 1 aromatic carbocycles. The highest BCUT2D eigenvalue weighted by Crippen LogP contribution is 2.24. The van der Waals surface area contributed by atoms with Crippen molar-refractivity contribution in [1.29, 1.82) is 0 Å². The van der Waals surface area contributed by atoms with E-state index in [4.69, 9.17) is 10.2 Å². The van der Waals surface area contributed by atoms with E-state index in [-0.39, 0.29) is 5.75 Å². The number of aliphatic carboxylic acids is 2. The van der Waals surface area contributed by atoms with E-state index < -0.39 is 18.6 Å². The number of halogens is 2. The fourth-order valence-electron chi connectivity index (χ4n) is 2.14. The minimum absolute atomic E-state index is 0.129. The second-order valence-electron chi connectivity index (χ2n) is 5.42. The summed E-state index contributed by atoms with van der Waals surface area (Å²) in [6, 6.07) is 8.39. The third kappa shape index (κ3) is 7.62. The summed E-state index contributed by atoms with van der Waals surface area (Å²) >= 11 is 0. The van der Waals surface area contributed by atoms with Gasteiger partial charge in [0.25, 0.3) is 0 Å². The van der Waals surface area contributed by atoms with Crippen LogP contribution in [0.5, 0.6) is 5.75 Å². The Bertz CT molecular complexity index is 954. The van der Waals surface area contributed by atoms with Gasteiger partial charge in [0.2, 0.25) is 0 Å². The van der Waals surface area contributed by atoms with Crippen LogP contribution >= 0.6 is 0 Å². The average molecular weight is 406 g/mol. The van der Waals surface area contributed by atoms with Crippen molar-refractivity contribution in [3.05, 3.63) is 66.8 Å². The van der Waals surface area contributed by atoms with E-state index in [0.717, 1.165) is 16.8 Å². The monoisotopic (exact) mass is 406 g/mol. The van der Waals surface area contributed by atoms with Crippen LogP contribution in [-0.4, -0.2) is 48.7 Å². The Morgan fingerprint density at radius 2 is 1.90 bits per heavy atom. The second-order valence-corrected chi connectivity index (χ2v) is 5.42. The van der Waals surface area contributed by atoms with Crippen LogP contribution in [-0.2, 0) is 16.1 Å². The number of aromatic nitrogens is 4. The van der Waals surface area contributed by atoms with E-state index in [1.54, 1.807) is 29.2 Å². The Balaban J connectivity index is 0.000000321. The first kappa shape index (κ1) is 21.3. The van der Waals surface area contributed by atoms with Gasteiger partial charge in [0, 0.05) is 30.1 Å². The number of hydrogen-bond acceptors (Lipinski definition) is 5. The van der Waals surface area contributed by atoms with E-state index in [9.17, 15) is 18.4 Å². The van der Waals surface area contributed by atoms with E-state index in [1.807, 2.05) is 18.3 Å². The maximum absolute atomic E-state index is 12.2. The largest absolute Gasteiger partial charge is 0.478 e. The SMILES string of the molecule is FC(F)Oc1cccc(-c2cnn(Cc3ccn[nH]3)c2)c1.O=C(O)/C=C\C(=O)O. The van der Waals surface area contributed by atoms with Crippen molar-refractivity contribution in [3.8, 4) is 16.9 Å². The van der Waals surface area contributed by atoms with Gasteiger partial charge in [-0.2, -0.15) is 19.0 Å². The molecule has 29 heavy (non-hydrogen) atoms. The molecule has 2 aromatic heterocycles. The van der Waals surface area contributed by atoms with Gasteiger partial charge in [0.05, 0.1) is 18.4 Å². The van der Waals surface area contributed by atoms with Crippen LogP contribution in [0.15, 0.2) is 61.1 Å². The molecule has 152 valence electrons. The molecule has 3 rings (SSSR count). The topological polar surface area (TPSA) is 130 Å². The van der Waals surface area contributed by atoms with Crippen molar-refractivity contribution in [2.24, 2.45) is 0 Å². The van der Waals surface area contributed by atoms with Crippen LogP contribution in [0.2, 0.25) is 0 Å². The molecule has 2 heterocycles. The summed E-state index contributed by atoms with van der Waals surface area (Å²) in [5, 5.41) is 26.6. The summed E-state index contributed by atoms with van der Waals surface area (Å²) in [5.41, 5.74) is 2.53. The number of nitrogens with zero attached hydrogens (tertiary/aromatic N) is 3. The highest BCUT2D eigenvalue weighted by atomic mass is 19.3. The average Bonchev–Trinajstić information content (AvgIpc) is 3.33. The highest BCUT2D eigenvalue weighted by Gasteiger charge is 2.07. The van der Waals surface area contributed by atoms with E-state index in [1.165, 1.54) is 6.07 Å². The smallest absolute Gasteiger partial charge is 0.387 e. The van der Waals surface area contributed by atoms with Gasteiger partial charge < -0.3 is 14.9 Å². The summed E-state index contributed by atoms with van der Waals surface area (Å²) in [7, 11) is 0. The third-order valence-electron chi connectivity index (χ3n) is 3.29. The zero-order valence-corrected chi connectivity index (χ0v) is 14.8. The summed E-state index contributed by atoms with van der Waals surface area (Å²) in [5.74, 6) is -2.39. The lowest BCUT2D eigenvalue weighted by Gasteiger charge is -2.05. The quantitative estimate of drug-likeness (QED) is 0.514. The van der Waals surface area contributed by atoms with Crippen LogP contribution in [0.3, 0.4) is 0 Å². The van der Waals surface area contributed by atoms with Crippen LogP contribution < -0.4 is 4.74 Å². The minimum Gasteiger partial charge on any atom is -0.478 e. The van der Waals surface area contributed by atoms with Gasteiger partial charge in [0.1, 0.15) is 5.75 Å². The van der Waals surface area contributed by atoms with Gasteiger partial charge in [-0.25, -0.2) is 9.59 Å². The molecule has 0 aliphatic carbocycles. The number of alkyl halides is 2. The summed E-state index contributed by atoms with van der Waals surface area (Å²) < 4.78 is 30.6. The standard InChI is InChI=1S/C14H12F2N4O.C4H4O4/c15-14(16)21-13-3-1-2-10(6-13)11-7-18-20(8-11)9-12-4-5-17-19-12;5-3(6)1-2-4(7)8/h1-8,14H,9H2,(H,17,19);1-2H,(H,5,6)(H,7,8)/b;2-1-. The van der Waals surface area contributed by atoms with Crippen molar-refractivity contribution in [3.63, 3.8) is 0 Å². The van der Waals surface area contributed by atoms with E-state index in [0.29, 0.717) is 18.7 Å². The number of rotatable bonds is 7. The Morgan fingerprint density at radius 1 is 1.17 bits per heavy atom. The molecule has 0 saturated heterocycles. The molecule has 0 fully saturated rings. The number of carboxylic acid groups (broad SMARTS) is 2. The lowest BCUT2D eigenvalue weighted by molar-refractivity contribution is -0.134. The van der Waals surface area contributed by atoms with Crippen LogP contribution in [0.25, 0.3) is 11.1 Å². The number of aromatic amines is 1. The van der Waals surface area contributed by atoms with Gasteiger partial charge in [-0.05, 0) is 23.8 Å². The number of nitrogens with one attached hydrogen (secondary N) is 1. The molecular weight excluding hydrogens is 390 g/mol. The normalized spacial score (nSPS) is 10.6. The number of hydrogen-bond donors (Lipinski definition) is 3. The maximum Gasteiger partial charge on any atom is 0.387 e. The zero-order chi connectivity index (χ0) is 21.2. The molecule has 0 radical (unpaired) electrons. The Hall–Kier alpha value is -4.02. The minimum atomic E-state index is -2.83. The molecule has 0 saturated carbocycles. The molecule has 0 atom stereocenters. The molecule has 9 nitrogen and oxygen atoms in total. The van der Waals surface area contributed by atoms with E-state index >= 15 is 0 Å². The molecule has 0 unspecified atom stereocenters. The summed E-state index contributed by atoms with van der Waals surface area (Å²) in [6.45, 7) is -2.27. The van der Waals surface area contributed by atoms with Crippen LogP contribution in [0.4, 0.5) is 8.78 Å². The molecule has 0 bridgehead atoms. The maximum atomic E-state index is 12.2. The van der Waals surface area contributed by atoms with Crippen LogP contribution in [0.1, 0.15) is 5.69 Å². The summed E-state index contributed by atoms with van der Waals surface area (Å²) in [4.78, 5) is 19.1. The number of H-pyrrole nitrogens is 1.